The summed E-state index contributed by atoms with van der Waals surface area (Å²) >= 11 is 0. The molecule has 2 unspecified atom stereocenters. The van der Waals surface area contributed by atoms with Crippen LogP contribution in [0, 0.1) is 0 Å². The van der Waals surface area contributed by atoms with E-state index in [1.165, 1.54) is 0 Å². The fourth-order valence-corrected chi connectivity index (χ4v) is 2.23. The minimum Gasteiger partial charge on any atom is -0.356 e. The molecule has 2 N–H and O–H groups in total. The number of nitrogens with zero attached hydrogens (tertiary/aromatic N) is 3. The summed E-state index contributed by atoms with van der Waals surface area (Å²) in [6.45, 7) is 2.84. The maximum atomic E-state index is 11.4. The van der Waals surface area contributed by atoms with E-state index >= 15 is 0 Å². The molecule has 94 valence electrons. The Morgan fingerprint density at radius 2 is 2.47 bits per heavy atom. The first kappa shape index (κ1) is 12.0. The average molecular weight is 237 g/mol. The predicted octanol–water partition coefficient (Wildman–Crippen LogP) is 0.134. The van der Waals surface area contributed by atoms with Crippen molar-refractivity contribution in [3.8, 4) is 0 Å². The van der Waals surface area contributed by atoms with Crippen LogP contribution in [0.25, 0.3) is 0 Å². The quantitative estimate of drug-likeness (QED) is 0.784. The van der Waals surface area contributed by atoms with Crippen LogP contribution in [0.3, 0.4) is 0 Å². The Hall–Kier alpha value is -1.43. The second-order valence-corrected chi connectivity index (χ2v) is 4.58. The molecule has 1 aliphatic rings. The largest absolute Gasteiger partial charge is 0.356 e. The van der Waals surface area contributed by atoms with E-state index in [0.717, 1.165) is 25.2 Å². The van der Waals surface area contributed by atoms with Gasteiger partial charge >= 0.3 is 0 Å². The lowest BCUT2D eigenvalue weighted by molar-refractivity contribution is -0.121. The first-order valence-electron chi connectivity index (χ1n) is 6.03. The molecule has 1 aromatic heterocycles. The van der Waals surface area contributed by atoms with E-state index < -0.39 is 0 Å². The molecule has 1 saturated heterocycles. The molecular weight excluding hydrogens is 218 g/mol. The third-order valence-electron chi connectivity index (χ3n) is 3.10. The standard InChI is InChI=1S/C11H19N5O/c1-8(11-15-13-7-16(11)2)14-9-4-3-5-12-10(17)6-9/h7-9,14H,3-6H2,1-2H3,(H,12,17). The minimum atomic E-state index is 0.110. The van der Waals surface area contributed by atoms with Crippen molar-refractivity contribution in [2.45, 2.75) is 38.3 Å². The second-order valence-electron chi connectivity index (χ2n) is 4.58. The van der Waals surface area contributed by atoms with Crippen molar-refractivity contribution < 1.29 is 4.79 Å². The van der Waals surface area contributed by atoms with Gasteiger partial charge in [-0.25, -0.2) is 0 Å². The van der Waals surface area contributed by atoms with Gasteiger partial charge < -0.3 is 15.2 Å². The lowest BCUT2D eigenvalue weighted by Gasteiger charge is -2.20. The van der Waals surface area contributed by atoms with Gasteiger partial charge in [0.05, 0.1) is 6.04 Å². The van der Waals surface area contributed by atoms with Crippen molar-refractivity contribution in [3.05, 3.63) is 12.2 Å². The van der Waals surface area contributed by atoms with Crippen LogP contribution in [-0.4, -0.2) is 33.3 Å². The van der Waals surface area contributed by atoms with E-state index in [2.05, 4.69) is 20.8 Å². The van der Waals surface area contributed by atoms with Gasteiger partial charge in [0.25, 0.3) is 0 Å². The lowest BCUT2D eigenvalue weighted by atomic mass is 10.1. The molecule has 2 rings (SSSR count). The highest BCUT2D eigenvalue weighted by Gasteiger charge is 2.21. The Labute approximate surface area is 101 Å². The summed E-state index contributed by atoms with van der Waals surface area (Å²) in [5.41, 5.74) is 0. The van der Waals surface area contributed by atoms with Gasteiger partial charge in [0.2, 0.25) is 5.91 Å². The zero-order valence-corrected chi connectivity index (χ0v) is 10.3. The van der Waals surface area contributed by atoms with Gasteiger partial charge in [0, 0.05) is 26.1 Å². The molecule has 0 aromatic carbocycles. The van der Waals surface area contributed by atoms with E-state index in [9.17, 15) is 4.79 Å². The Morgan fingerprint density at radius 3 is 3.18 bits per heavy atom. The second kappa shape index (κ2) is 5.27. The summed E-state index contributed by atoms with van der Waals surface area (Å²) < 4.78 is 1.90. The first-order valence-corrected chi connectivity index (χ1v) is 6.03. The van der Waals surface area contributed by atoms with Gasteiger partial charge in [0.1, 0.15) is 12.2 Å². The van der Waals surface area contributed by atoms with Gasteiger partial charge in [-0.15, -0.1) is 10.2 Å². The Bertz CT molecular complexity index is 389. The smallest absolute Gasteiger partial charge is 0.221 e. The van der Waals surface area contributed by atoms with E-state index in [4.69, 9.17) is 0 Å². The zero-order chi connectivity index (χ0) is 12.3. The number of aromatic nitrogens is 3. The third-order valence-corrected chi connectivity index (χ3v) is 3.10. The van der Waals surface area contributed by atoms with Gasteiger partial charge in [-0.1, -0.05) is 0 Å². The topological polar surface area (TPSA) is 71.8 Å². The van der Waals surface area contributed by atoms with Crippen LogP contribution in [0.5, 0.6) is 0 Å². The zero-order valence-electron chi connectivity index (χ0n) is 10.3. The highest BCUT2D eigenvalue weighted by molar-refractivity contribution is 5.76. The number of carbonyl (C=O) groups is 1. The van der Waals surface area contributed by atoms with Crippen molar-refractivity contribution >= 4 is 5.91 Å². The third kappa shape index (κ3) is 3.03. The predicted molar refractivity (Wildman–Crippen MR) is 63.2 cm³/mol. The molecule has 1 aromatic rings. The summed E-state index contributed by atoms with van der Waals surface area (Å²) in [5.74, 6) is 1.03. The maximum Gasteiger partial charge on any atom is 0.221 e. The molecule has 0 saturated carbocycles. The van der Waals surface area contributed by atoms with Crippen molar-refractivity contribution in [3.63, 3.8) is 0 Å². The van der Waals surface area contributed by atoms with Crippen molar-refractivity contribution in [1.29, 1.82) is 0 Å². The Kier molecular flexibility index (Phi) is 3.73. The molecule has 0 spiro atoms. The fraction of sp³-hybridized carbons (Fsp3) is 0.727. The lowest BCUT2D eigenvalue weighted by Crippen LogP contribution is -2.35. The fourth-order valence-electron chi connectivity index (χ4n) is 2.23. The average Bonchev–Trinajstić information content (AvgIpc) is 2.60. The van der Waals surface area contributed by atoms with E-state index in [-0.39, 0.29) is 18.0 Å². The first-order chi connectivity index (χ1) is 8.16. The number of carbonyl (C=O) groups excluding carboxylic acids is 1. The van der Waals surface area contributed by atoms with Crippen LogP contribution in [0.4, 0.5) is 0 Å². The maximum absolute atomic E-state index is 11.4. The van der Waals surface area contributed by atoms with Crippen LogP contribution >= 0.6 is 0 Å². The number of hydrogen-bond acceptors (Lipinski definition) is 4. The number of nitrogens with one attached hydrogen (secondary N) is 2. The highest BCUT2D eigenvalue weighted by Crippen LogP contribution is 2.13. The van der Waals surface area contributed by atoms with Gasteiger partial charge in [-0.05, 0) is 19.8 Å². The van der Waals surface area contributed by atoms with Crippen molar-refractivity contribution in [1.82, 2.24) is 25.4 Å². The van der Waals surface area contributed by atoms with Crippen LogP contribution in [0.2, 0.25) is 0 Å². The number of rotatable bonds is 3. The van der Waals surface area contributed by atoms with E-state index in [1.807, 2.05) is 18.5 Å². The summed E-state index contributed by atoms with van der Waals surface area (Å²) in [5, 5.41) is 14.3. The molecular formula is C11H19N5O. The molecule has 2 heterocycles. The normalized spacial score (nSPS) is 22.9. The van der Waals surface area contributed by atoms with Crippen LogP contribution in [-0.2, 0) is 11.8 Å². The minimum absolute atomic E-state index is 0.110. The van der Waals surface area contributed by atoms with Crippen LogP contribution < -0.4 is 10.6 Å². The molecule has 0 radical (unpaired) electrons. The Balaban J connectivity index is 1.95. The molecule has 2 atom stereocenters. The Morgan fingerprint density at radius 1 is 1.65 bits per heavy atom. The molecule has 1 fully saturated rings. The highest BCUT2D eigenvalue weighted by atomic mass is 16.1. The van der Waals surface area contributed by atoms with Gasteiger partial charge in [0.15, 0.2) is 0 Å². The molecule has 1 amide bonds. The van der Waals surface area contributed by atoms with E-state index in [0.29, 0.717) is 6.42 Å². The molecule has 0 bridgehead atoms. The van der Waals surface area contributed by atoms with Crippen LogP contribution in [0.1, 0.15) is 38.1 Å². The van der Waals surface area contributed by atoms with Crippen LogP contribution in [0.15, 0.2) is 6.33 Å². The number of aryl methyl sites for hydroxylation is 1. The summed E-state index contributed by atoms with van der Waals surface area (Å²) in [6, 6.07) is 0.336. The molecule has 0 aliphatic carbocycles. The molecule has 17 heavy (non-hydrogen) atoms. The number of amides is 1. The van der Waals surface area contributed by atoms with Gasteiger partial charge in [-0.2, -0.15) is 0 Å². The molecule has 6 nitrogen and oxygen atoms in total. The monoisotopic (exact) mass is 237 g/mol. The molecule has 6 heteroatoms. The van der Waals surface area contributed by atoms with Crippen molar-refractivity contribution in [2.75, 3.05) is 6.54 Å². The number of hydrogen-bond donors (Lipinski definition) is 2. The summed E-state index contributed by atoms with van der Waals surface area (Å²) in [6.07, 6.45) is 4.27. The molecule has 1 aliphatic heterocycles. The van der Waals surface area contributed by atoms with Gasteiger partial charge in [-0.3, -0.25) is 4.79 Å². The van der Waals surface area contributed by atoms with E-state index in [1.54, 1.807) is 6.33 Å². The van der Waals surface area contributed by atoms with Crippen molar-refractivity contribution in [2.24, 2.45) is 7.05 Å². The summed E-state index contributed by atoms with van der Waals surface area (Å²) in [7, 11) is 1.92. The SMILES string of the molecule is CC(NC1CCCNC(=O)C1)c1nncn1C. The summed E-state index contributed by atoms with van der Waals surface area (Å²) in [4.78, 5) is 11.4.